The van der Waals surface area contributed by atoms with E-state index >= 15 is 0 Å². The lowest BCUT2D eigenvalue weighted by Gasteiger charge is -2.06. The topological polar surface area (TPSA) is 38.3 Å². The molecule has 1 N–H and O–H groups in total. The van der Waals surface area contributed by atoms with E-state index in [0.29, 0.717) is 18.2 Å². The van der Waals surface area contributed by atoms with Gasteiger partial charge in [-0.25, -0.2) is 0 Å². The summed E-state index contributed by atoms with van der Waals surface area (Å²) < 4.78 is 5.53. The van der Waals surface area contributed by atoms with Crippen molar-refractivity contribution < 1.29 is 9.53 Å². The molecule has 0 aromatic heterocycles. The molecule has 0 radical (unpaired) electrons. The third kappa shape index (κ3) is 6.01. The number of carbonyl (C=O) groups is 1. The van der Waals surface area contributed by atoms with Crippen molar-refractivity contribution in [3.8, 4) is 16.9 Å². The quantitative estimate of drug-likeness (QED) is 0.453. The summed E-state index contributed by atoms with van der Waals surface area (Å²) in [7, 11) is 0. The van der Waals surface area contributed by atoms with Crippen LogP contribution < -0.4 is 10.1 Å². The van der Waals surface area contributed by atoms with E-state index in [1.165, 1.54) is 11.6 Å². The average Bonchev–Trinajstić information content (AvgIpc) is 2.72. The Hall–Kier alpha value is -3.04. The van der Waals surface area contributed by atoms with Crippen LogP contribution in [0.3, 0.4) is 0 Å². The molecule has 3 aromatic rings. The molecule has 136 valence electrons. The summed E-state index contributed by atoms with van der Waals surface area (Å²) in [4.78, 5) is 11.9. The maximum absolute atomic E-state index is 11.9. The van der Waals surface area contributed by atoms with Gasteiger partial charge < -0.3 is 10.1 Å². The van der Waals surface area contributed by atoms with Gasteiger partial charge >= 0.3 is 0 Å². The van der Waals surface area contributed by atoms with Gasteiger partial charge in [-0.2, -0.15) is 0 Å². The average molecular weight is 378 g/mol. The maximum Gasteiger partial charge on any atom is 0.244 e. The maximum atomic E-state index is 11.9. The van der Waals surface area contributed by atoms with Gasteiger partial charge in [0, 0.05) is 11.1 Å². The molecule has 0 bridgehead atoms. The normalized spacial score (nSPS) is 10.7. The van der Waals surface area contributed by atoms with Crippen LogP contribution in [0, 0.1) is 0 Å². The van der Waals surface area contributed by atoms with Crippen molar-refractivity contribution in [3.63, 3.8) is 0 Å². The van der Waals surface area contributed by atoms with Crippen LogP contribution in [0.2, 0.25) is 5.02 Å². The third-order valence-corrected chi connectivity index (χ3v) is 4.18. The molecule has 0 saturated carbocycles. The Morgan fingerprint density at radius 3 is 2.26 bits per heavy atom. The van der Waals surface area contributed by atoms with Crippen molar-refractivity contribution in [2.75, 3.05) is 13.2 Å². The first-order valence-electron chi connectivity index (χ1n) is 8.70. The number of hydrogen-bond donors (Lipinski definition) is 1. The minimum atomic E-state index is -0.151. The molecule has 0 atom stereocenters. The zero-order chi connectivity index (χ0) is 18.9. The van der Waals surface area contributed by atoms with Crippen LogP contribution >= 0.6 is 11.6 Å². The van der Waals surface area contributed by atoms with E-state index in [2.05, 4.69) is 17.4 Å². The number of benzene rings is 3. The second-order valence-electron chi connectivity index (χ2n) is 5.91. The summed E-state index contributed by atoms with van der Waals surface area (Å²) >= 11 is 5.82. The van der Waals surface area contributed by atoms with E-state index in [1.54, 1.807) is 30.3 Å². The van der Waals surface area contributed by atoms with E-state index in [0.717, 1.165) is 16.9 Å². The number of ether oxygens (including phenoxy) is 1. The molecule has 3 rings (SSSR count). The van der Waals surface area contributed by atoms with E-state index in [1.807, 2.05) is 42.5 Å². The lowest BCUT2D eigenvalue weighted by molar-refractivity contribution is -0.116. The monoisotopic (exact) mass is 377 g/mol. The van der Waals surface area contributed by atoms with Gasteiger partial charge in [-0.15, -0.1) is 0 Å². The van der Waals surface area contributed by atoms with Crippen LogP contribution in [0.4, 0.5) is 0 Å². The van der Waals surface area contributed by atoms with Gasteiger partial charge in [-0.3, -0.25) is 4.79 Å². The van der Waals surface area contributed by atoms with Crippen molar-refractivity contribution in [1.29, 1.82) is 0 Å². The number of amides is 1. The van der Waals surface area contributed by atoms with Gasteiger partial charge in [0.25, 0.3) is 0 Å². The summed E-state index contributed by atoms with van der Waals surface area (Å²) in [5.41, 5.74) is 3.30. The Morgan fingerprint density at radius 1 is 0.889 bits per heavy atom. The molecule has 3 aromatic carbocycles. The molecule has 27 heavy (non-hydrogen) atoms. The third-order valence-electron chi connectivity index (χ3n) is 3.93. The molecule has 0 aliphatic rings. The number of rotatable bonds is 7. The molecule has 0 saturated heterocycles. The molecular formula is C23H20ClNO2. The van der Waals surface area contributed by atoms with Crippen LogP contribution in [0.1, 0.15) is 5.56 Å². The highest BCUT2D eigenvalue weighted by Crippen LogP contribution is 2.19. The standard InChI is InChI=1S/C23H20ClNO2/c24-21-11-13-22(14-12-21)27-17-16-25-23(26)15-8-18-6-9-20(10-7-18)19-4-2-1-3-5-19/h1-15H,16-17H2,(H,25,26)/b15-8+. The summed E-state index contributed by atoms with van der Waals surface area (Å²) in [5, 5.41) is 3.46. The summed E-state index contributed by atoms with van der Waals surface area (Å²) in [5.74, 6) is 0.574. The molecule has 0 heterocycles. The predicted molar refractivity (Wildman–Crippen MR) is 111 cm³/mol. The Balaban J connectivity index is 1.43. The number of carbonyl (C=O) groups excluding carboxylic acids is 1. The van der Waals surface area contributed by atoms with Gasteiger partial charge in [0.1, 0.15) is 12.4 Å². The Bertz CT molecular complexity index is 888. The Kier molecular flexibility index (Phi) is 6.66. The lowest BCUT2D eigenvalue weighted by Crippen LogP contribution is -2.26. The van der Waals surface area contributed by atoms with Crippen LogP contribution in [-0.4, -0.2) is 19.1 Å². The molecule has 0 spiro atoms. The van der Waals surface area contributed by atoms with Crippen LogP contribution in [0.5, 0.6) is 5.75 Å². The van der Waals surface area contributed by atoms with Crippen LogP contribution in [0.15, 0.2) is 84.9 Å². The van der Waals surface area contributed by atoms with E-state index in [-0.39, 0.29) is 5.91 Å². The first-order valence-corrected chi connectivity index (χ1v) is 9.08. The van der Waals surface area contributed by atoms with Gasteiger partial charge in [0.05, 0.1) is 6.54 Å². The van der Waals surface area contributed by atoms with Crippen LogP contribution in [-0.2, 0) is 4.79 Å². The van der Waals surface area contributed by atoms with Gasteiger partial charge in [0.15, 0.2) is 0 Å². The molecule has 0 unspecified atom stereocenters. The zero-order valence-corrected chi connectivity index (χ0v) is 15.5. The van der Waals surface area contributed by atoms with Crippen molar-refractivity contribution in [2.24, 2.45) is 0 Å². The second-order valence-corrected chi connectivity index (χ2v) is 6.35. The smallest absolute Gasteiger partial charge is 0.244 e. The minimum Gasteiger partial charge on any atom is -0.492 e. The van der Waals surface area contributed by atoms with Crippen LogP contribution in [0.25, 0.3) is 17.2 Å². The summed E-state index contributed by atoms with van der Waals surface area (Å²) in [6.45, 7) is 0.825. The fourth-order valence-electron chi connectivity index (χ4n) is 2.52. The fraction of sp³-hybridized carbons (Fsp3) is 0.0870. The molecule has 4 heteroatoms. The Labute approximate surface area is 164 Å². The predicted octanol–water partition coefficient (Wildman–Crippen LogP) is 5.22. The van der Waals surface area contributed by atoms with Crippen molar-refractivity contribution >= 4 is 23.6 Å². The van der Waals surface area contributed by atoms with E-state index in [9.17, 15) is 4.79 Å². The highest BCUT2D eigenvalue weighted by molar-refractivity contribution is 6.30. The summed E-state index contributed by atoms with van der Waals surface area (Å²) in [6.07, 6.45) is 3.32. The highest BCUT2D eigenvalue weighted by atomic mass is 35.5. The van der Waals surface area contributed by atoms with Gasteiger partial charge in [-0.05, 0) is 47.0 Å². The molecule has 0 aliphatic carbocycles. The molecule has 0 aliphatic heterocycles. The first kappa shape index (κ1) is 18.7. The molecule has 1 amide bonds. The van der Waals surface area contributed by atoms with Crippen molar-refractivity contribution in [2.45, 2.75) is 0 Å². The van der Waals surface area contributed by atoms with Gasteiger partial charge in [-0.1, -0.05) is 66.2 Å². The van der Waals surface area contributed by atoms with Crippen molar-refractivity contribution in [3.05, 3.63) is 95.5 Å². The van der Waals surface area contributed by atoms with E-state index < -0.39 is 0 Å². The SMILES string of the molecule is O=C(/C=C/c1ccc(-c2ccccc2)cc1)NCCOc1ccc(Cl)cc1. The molecule has 0 fully saturated rings. The number of nitrogens with one attached hydrogen (secondary N) is 1. The Morgan fingerprint density at radius 2 is 1.56 bits per heavy atom. The molecular weight excluding hydrogens is 358 g/mol. The lowest BCUT2D eigenvalue weighted by atomic mass is 10.0. The molecule has 3 nitrogen and oxygen atoms in total. The van der Waals surface area contributed by atoms with Gasteiger partial charge in [0.2, 0.25) is 5.91 Å². The van der Waals surface area contributed by atoms with Crippen molar-refractivity contribution in [1.82, 2.24) is 5.32 Å². The van der Waals surface area contributed by atoms with E-state index in [4.69, 9.17) is 16.3 Å². The highest BCUT2D eigenvalue weighted by Gasteiger charge is 1.98. The second kappa shape index (κ2) is 9.60. The summed E-state index contributed by atoms with van der Waals surface area (Å²) in [6, 6.07) is 25.4. The largest absolute Gasteiger partial charge is 0.492 e. The number of hydrogen-bond acceptors (Lipinski definition) is 2. The first-order chi connectivity index (χ1) is 13.2. The fourth-order valence-corrected chi connectivity index (χ4v) is 2.65. The zero-order valence-electron chi connectivity index (χ0n) is 14.8. The minimum absolute atomic E-state index is 0.151. The number of halogens is 1.